The van der Waals surface area contributed by atoms with Gasteiger partial charge in [0.2, 0.25) is 0 Å². The molecular weight excluding hydrogens is 345 g/mol. The van der Waals surface area contributed by atoms with E-state index in [0.29, 0.717) is 0 Å². The second kappa shape index (κ2) is 7.71. The minimum atomic E-state index is 0. The van der Waals surface area contributed by atoms with Gasteiger partial charge in [-0.3, -0.25) is 4.99 Å². The van der Waals surface area contributed by atoms with Gasteiger partial charge in [-0.2, -0.15) is 11.8 Å². The van der Waals surface area contributed by atoms with Gasteiger partial charge in [-0.05, 0) is 37.4 Å². The molecule has 0 aromatic heterocycles. The van der Waals surface area contributed by atoms with Gasteiger partial charge in [0, 0.05) is 18.3 Å². The number of aliphatic imine (C=N–C) groups is 1. The normalized spacial score (nSPS) is 27.0. The zero-order chi connectivity index (χ0) is 11.4. The summed E-state index contributed by atoms with van der Waals surface area (Å²) in [4.78, 5) is 6.80. The summed E-state index contributed by atoms with van der Waals surface area (Å²) in [6, 6.07) is 0. The number of hydrogen-bond acceptors (Lipinski definition) is 2. The van der Waals surface area contributed by atoms with Crippen molar-refractivity contribution >= 4 is 41.7 Å². The van der Waals surface area contributed by atoms with Gasteiger partial charge in [0.15, 0.2) is 5.96 Å². The minimum absolute atomic E-state index is 0. The molecule has 0 amide bonds. The highest BCUT2D eigenvalue weighted by Gasteiger charge is 2.18. The van der Waals surface area contributed by atoms with Gasteiger partial charge in [0.1, 0.15) is 0 Å². The second-order valence-corrected chi connectivity index (χ2v) is 6.41. The van der Waals surface area contributed by atoms with Crippen LogP contribution in [-0.2, 0) is 0 Å². The van der Waals surface area contributed by atoms with Crippen molar-refractivity contribution in [1.29, 1.82) is 0 Å². The number of halogens is 1. The lowest BCUT2D eigenvalue weighted by atomic mass is 10.00. The number of hydrogen-bond donors (Lipinski definition) is 1. The summed E-state index contributed by atoms with van der Waals surface area (Å²) in [5.41, 5.74) is 6.04. The Bertz CT molecular complexity index is 246. The highest BCUT2D eigenvalue weighted by molar-refractivity contribution is 14.0. The van der Waals surface area contributed by atoms with Crippen molar-refractivity contribution in [2.45, 2.75) is 37.9 Å². The van der Waals surface area contributed by atoms with E-state index in [9.17, 15) is 0 Å². The van der Waals surface area contributed by atoms with E-state index in [4.69, 9.17) is 5.73 Å². The van der Waals surface area contributed by atoms with Crippen LogP contribution in [0.1, 0.15) is 32.6 Å². The monoisotopic (exact) mass is 369 g/mol. The second-order valence-electron chi connectivity index (χ2n) is 5.00. The van der Waals surface area contributed by atoms with Crippen LogP contribution < -0.4 is 5.73 Å². The smallest absolute Gasteiger partial charge is 0.191 e. The maximum atomic E-state index is 6.04. The highest BCUT2D eigenvalue weighted by Crippen LogP contribution is 2.26. The maximum absolute atomic E-state index is 6.04. The molecule has 17 heavy (non-hydrogen) atoms. The van der Waals surface area contributed by atoms with Gasteiger partial charge in [-0.15, -0.1) is 24.0 Å². The van der Waals surface area contributed by atoms with E-state index in [2.05, 4.69) is 28.6 Å². The van der Waals surface area contributed by atoms with Crippen LogP contribution in [-0.4, -0.2) is 41.5 Å². The van der Waals surface area contributed by atoms with E-state index in [1.807, 2.05) is 0 Å². The number of likely N-dealkylation sites (tertiary alicyclic amines) is 1. The van der Waals surface area contributed by atoms with Crippen molar-refractivity contribution in [3.63, 3.8) is 0 Å². The summed E-state index contributed by atoms with van der Waals surface area (Å²) in [5, 5.41) is 0.724. The first-order valence-corrected chi connectivity index (χ1v) is 7.47. The van der Waals surface area contributed by atoms with Crippen LogP contribution in [0.5, 0.6) is 0 Å². The number of rotatable bonds is 2. The Morgan fingerprint density at radius 1 is 1.35 bits per heavy atom. The fraction of sp³-hybridized carbons (Fsp3) is 0.917. The number of nitrogens with two attached hydrogens (primary N) is 1. The van der Waals surface area contributed by atoms with Crippen LogP contribution in [0, 0.1) is 5.92 Å². The molecule has 2 aliphatic heterocycles. The fourth-order valence-electron chi connectivity index (χ4n) is 2.32. The quantitative estimate of drug-likeness (QED) is 0.462. The topological polar surface area (TPSA) is 41.6 Å². The molecule has 0 bridgehead atoms. The van der Waals surface area contributed by atoms with Crippen LogP contribution in [0.15, 0.2) is 4.99 Å². The Balaban J connectivity index is 0.00000144. The zero-order valence-corrected chi connectivity index (χ0v) is 13.7. The van der Waals surface area contributed by atoms with Gasteiger partial charge in [0.25, 0.3) is 0 Å². The van der Waals surface area contributed by atoms with Crippen molar-refractivity contribution in [1.82, 2.24) is 4.90 Å². The third kappa shape index (κ3) is 4.85. The molecule has 0 radical (unpaired) electrons. The number of guanidine groups is 1. The lowest BCUT2D eigenvalue weighted by molar-refractivity contribution is 0.277. The molecule has 0 aliphatic carbocycles. The van der Waals surface area contributed by atoms with Crippen LogP contribution in [0.4, 0.5) is 0 Å². The van der Waals surface area contributed by atoms with Gasteiger partial charge in [0.05, 0.1) is 6.54 Å². The first-order valence-electron chi connectivity index (χ1n) is 6.42. The summed E-state index contributed by atoms with van der Waals surface area (Å²) in [5.74, 6) is 2.94. The summed E-state index contributed by atoms with van der Waals surface area (Å²) in [6.07, 6.45) is 5.19. The van der Waals surface area contributed by atoms with Crippen LogP contribution in [0.3, 0.4) is 0 Å². The number of nitrogens with zero attached hydrogens (tertiary/aromatic N) is 2. The number of thioether (sulfide) groups is 1. The molecule has 3 nitrogen and oxygen atoms in total. The molecule has 2 fully saturated rings. The third-order valence-corrected chi connectivity index (χ3v) is 4.97. The molecule has 5 heteroatoms. The molecule has 2 saturated heterocycles. The average molecular weight is 369 g/mol. The van der Waals surface area contributed by atoms with Gasteiger partial charge >= 0.3 is 0 Å². The maximum Gasteiger partial charge on any atom is 0.191 e. The van der Waals surface area contributed by atoms with E-state index in [-0.39, 0.29) is 24.0 Å². The molecule has 0 aromatic rings. The molecular formula is C12H24IN3S. The largest absolute Gasteiger partial charge is 0.370 e. The lowest BCUT2D eigenvalue weighted by Crippen LogP contribution is -2.42. The van der Waals surface area contributed by atoms with Crippen molar-refractivity contribution < 1.29 is 0 Å². The molecule has 2 aliphatic rings. The first-order chi connectivity index (χ1) is 7.75. The molecule has 1 unspecified atom stereocenters. The molecule has 1 atom stereocenters. The Labute approximate surface area is 126 Å². The van der Waals surface area contributed by atoms with E-state index < -0.39 is 0 Å². The highest BCUT2D eigenvalue weighted by atomic mass is 127. The van der Waals surface area contributed by atoms with E-state index in [1.54, 1.807) is 0 Å². The summed E-state index contributed by atoms with van der Waals surface area (Å²) >= 11 is 2.05. The Hall–Kier alpha value is 0.350. The summed E-state index contributed by atoms with van der Waals surface area (Å²) in [6.45, 7) is 5.42. The van der Waals surface area contributed by atoms with Crippen LogP contribution >= 0.6 is 35.7 Å². The average Bonchev–Trinajstić information content (AvgIpc) is 2.80. The van der Waals surface area contributed by atoms with E-state index >= 15 is 0 Å². The SMILES string of the molecule is CC1CCN(C(N)=NCC2CCCS2)CC1.I. The van der Waals surface area contributed by atoms with Crippen LogP contribution in [0.25, 0.3) is 0 Å². The molecule has 2 rings (SSSR count). The van der Waals surface area contributed by atoms with Crippen LogP contribution in [0.2, 0.25) is 0 Å². The van der Waals surface area contributed by atoms with E-state index in [0.717, 1.165) is 36.8 Å². The first kappa shape index (κ1) is 15.4. The van der Waals surface area contributed by atoms with Crippen molar-refractivity contribution in [2.75, 3.05) is 25.4 Å². The predicted octanol–water partition coefficient (Wildman–Crippen LogP) is 2.55. The molecule has 0 saturated carbocycles. The molecule has 2 heterocycles. The summed E-state index contributed by atoms with van der Waals surface area (Å²) < 4.78 is 0. The molecule has 0 aromatic carbocycles. The molecule has 100 valence electrons. The predicted molar refractivity (Wildman–Crippen MR) is 87.4 cm³/mol. The summed E-state index contributed by atoms with van der Waals surface area (Å²) in [7, 11) is 0. The van der Waals surface area contributed by atoms with Crippen molar-refractivity contribution in [3.05, 3.63) is 0 Å². The van der Waals surface area contributed by atoms with Crippen molar-refractivity contribution in [3.8, 4) is 0 Å². The van der Waals surface area contributed by atoms with E-state index in [1.165, 1.54) is 31.4 Å². The van der Waals surface area contributed by atoms with Crippen molar-refractivity contribution in [2.24, 2.45) is 16.6 Å². The lowest BCUT2D eigenvalue weighted by Gasteiger charge is -2.31. The third-order valence-electron chi connectivity index (χ3n) is 3.59. The van der Waals surface area contributed by atoms with Gasteiger partial charge < -0.3 is 10.6 Å². The molecule has 0 spiro atoms. The Kier molecular flexibility index (Phi) is 6.99. The Morgan fingerprint density at radius 3 is 2.65 bits per heavy atom. The minimum Gasteiger partial charge on any atom is -0.370 e. The molecule has 2 N–H and O–H groups in total. The van der Waals surface area contributed by atoms with Gasteiger partial charge in [-0.25, -0.2) is 0 Å². The number of piperidine rings is 1. The fourth-order valence-corrected chi connectivity index (χ4v) is 3.50. The standard InChI is InChI=1S/C12H23N3S.HI/c1-10-4-6-15(7-5-10)12(13)14-9-11-3-2-8-16-11;/h10-11H,2-9H2,1H3,(H2,13,14);1H. The zero-order valence-electron chi connectivity index (χ0n) is 10.6. The Morgan fingerprint density at radius 2 is 2.06 bits per heavy atom. The van der Waals surface area contributed by atoms with Gasteiger partial charge in [-0.1, -0.05) is 6.92 Å².